The Morgan fingerprint density at radius 1 is 1.12 bits per heavy atom. The molecule has 0 radical (unpaired) electrons. The molecule has 1 heterocycles. The van der Waals surface area contributed by atoms with Crippen molar-refractivity contribution in [3.63, 3.8) is 0 Å². The second-order valence-corrected chi connectivity index (χ2v) is 6.39. The van der Waals surface area contributed by atoms with E-state index in [-0.39, 0.29) is 5.60 Å². The Bertz CT molecular complexity index is 253. The van der Waals surface area contributed by atoms with Gasteiger partial charge in [0.15, 0.2) is 0 Å². The third-order valence-electron chi connectivity index (χ3n) is 4.71. The summed E-state index contributed by atoms with van der Waals surface area (Å²) in [5.74, 6) is 0. The van der Waals surface area contributed by atoms with Crippen LogP contribution in [0.4, 0.5) is 0 Å². The molecule has 0 aromatic carbocycles. The molecule has 3 aliphatic rings. The van der Waals surface area contributed by atoms with Crippen molar-refractivity contribution >= 4 is 0 Å². The first-order chi connectivity index (χ1) is 8.25. The molecular weight excluding hydrogens is 212 g/mol. The maximum atomic E-state index is 10.6. The molecule has 1 unspecified atom stereocenters. The van der Waals surface area contributed by atoms with E-state index in [1.165, 1.54) is 45.1 Å². The molecular formula is C14H26N2O. The van der Waals surface area contributed by atoms with Crippen molar-refractivity contribution in [1.82, 2.24) is 10.2 Å². The molecule has 2 saturated carbocycles. The summed E-state index contributed by atoms with van der Waals surface area (Å²) in [4.78, 5) is 2.58. The molecule has 0 amide bonds. The molecule has 17 heavy (non-hydrogen) atoms. The van der Waals surface area contributed by atoms with E-state index in [1.807, 2.05) is 0 Å². The van der Waals surface area contributed by atoms with Gasteiger partial charge >= 0.3 is 0 Å². The van der Waals surface area contributed by atoms with Gasteiger partial charge in [-0.25, -0.2) is 0 Å². The Morgan fingerprint density at radius 3 is 2.47 bits per heavy atom. The van der Waals surface area contributed by atoms with E-state index in [1.54, 1.807) is 0 Å². The maximum absolute atomic E-state index is 10.6. The minimum absolute atomic E-state index is 0.360. The van der Waals surface area contributed by atoms with Crippen LogP contribution in [0.3, 0.4) is 0 Å². The van der Waals surface area contributed by atoms with Gasteiger partial charge in [0, 0.05) is 25.2 Å². The summed E-state index contributed by atoms with van der Waals surface area (Å²) < 4.78 is 0. The highest BCUT2D eigenvalue weighted by atomic mass is 16.3. The highest BCUT2D eigenvalue weighted by Gasteiger charge is 2.39. The highest BCUT2D eigenvalue weighted by molar-refractivity contribution is 4.94. The topological polar surface area (TPSA) is 35.5 Å². The number of aliphatic hydroxyl groups is 1. The fraction of sp³-hybridized carbons (Fsp3) is 1.00. The minimum Gasteiger partial charge on any atom is -0.389 e. The molecule has 1 saturated heterocycles. The molecule has 2 aliphatic carbocycles. The van der Waals surface area contributed by atoms with Gasteiger partial charge in [0.1, 0.15) is 0 Å². The van der Waals surface area contributed by atoms with Gasteiger partial charge in [-0.05, 0) is 45.1 Å². The SMILES string of the molecule is OC1(CN(CC2CCCN2)C2CC2)CCCC1. The quantitative estimate of drug-likeness (QED) is 0.762. The van der Waals surface area contributed by atoms with Gasteiger partial charge in [-0.2, -0.15) is 0 Å². The van der Waals surface area contributed by atoms with E-state index in [4.69, 9.17) is 0 Å². The zero-order valence-electron chi connectivity index (χ0n) is 10.8. The van der Waals surface area contributed by atoms with Crippen molar-refractivity contribution < 1.29 is 5.11 Å². The summed E-state index contributed by atoms with van der Waals surface area (Å²) in [5, 5.41) is 14.1. The molecule has 3 fully saturated rings. The maximum Gasteiger partial charge on any atom is 0.0774 e. The molecule has 0 spiro atoms. The van der Waals surface area contributed by atoms with Gasteiger partial charge < -0.3 is 10.4 Å². The van der Waals surface area contributed by atoms with Crippen LogP contribution < -0.4 is 5.32 Å². The molecule has 2 N–H and O–H groups in total. The number of nitrogens with one attached hydrogen (secondary N) is 1. The summed E-state index contributed by atoms with van der Waals surface area (Å²) in [6.07, 6.45) is 9.83. The second kappa shape index (κ2) is 4.87. The van der Waals surface area contributed by atoms with Gasteiger partial charge in [0.2, 0.25) is 0 Å². The molecule has 3 heteroatoms. The molecule has 0 aromatic rings. The van der Waals surface area contributed by atoms with Crippen molar-refractivity contribution in [2.24, 2.45) is 0 Å². The average Bonchev–Trinajstić information content (AvgIpc) is 2.88. The Balaban J connectivity index is 1.55. The molecule has 0 aromatic heterocycles. The number of hydrogen-bond acceptors (Lipinski definition) is 3. The first kappa shape index (κ1) is 11.9. The van der Waals surface area contributed by atoms with E-state index in [9.17, 15) is 5.11 Å². The van der Waals surface area contributed by atoms with Crippen LogP contribution in [0.15, 0.2) is 0 Å². The summed E-state index contributed by atoms with van der Waals surface area (Å²) >= 11 is 0. The van der Waals surface area contributed by atoms with Gasteiger partial charge in [0.25, 0.3) is 0 Å². The molecule has 0 bridgehead atoms. The summed E-state index contributed by atoms with van der Waals surface area (Å²) in [6.45, 7) is 3.27. The third kappa shape index (κ3) is 3.01. The predicted molar refractivity (Wildman–Crippen MR) is 69.0 cm³/mol. The predicted octanol–water partition coefficient (Wildman–Crippen LogP) is 1.51. The minimum atomic E-state index is -0.360. The van der Waals surface area contributed by atoms with E-state index in [0.29, 0.717) is 6.04 Å². The van der Waals surface area contributed by atoms with Crippen molar-refractivity contribution in [3.05, 3.63) is 0 Å². The Morgan fingerprint density at radius 2 is 1.88 bits per heavy atom. The fourth-order valence-corrected chi connectivity index (χ4v) is 3.55. The van der Waals surface area contributed by atoms with E-state index >= 15 is 0 Å². The van der Waals surface area contributed by atoms with Crippen LogP contribution in [-0.2, 0) is 0 Å². The van der Waals surface area contributed by atoms with Crippen LogP contribution in [0.5, 0.6) is 0 Å². The van der Waals surface area contributed by atoms with Crippen LogP contribution in [0.1, 0.15) is 51.4 Å². The summed E-state index contributed by atoms with van der Waals surface area (Å²) in [6, 6.07) is 1.46. The number of hydrogen-bond donors (Lipinski definition) is 2. The molecule has 3 rings (SSSR count). The zero-order chi connectivity index (χ0) is 11.7. The second-order valence-electron chi connectivity index (χ2n) is 6.39. The Hall–Kier alpha value is -0.120. The smallest absolute Gasteiger partial charge is 0.0774 e. The molecule has 1 atom stereocenters. The van der Waals surface area contributed by atoms with Gasteiger partial charge in [-0.15, -0.1) is 0 Å². The lowest BCUT2D eigenvalue weighted by Gasteiger charge is -2.33. The fourth-order valence-electron chi connectivity index (χ4n) is 3.55. The molecule has 98 valence electrons. The van der Waals surface area contributed by atoms with Crippen molar-refractivity contribution in [2.75, 3.05) is 19.6 Å². The normalized spacial score (nSPS) is 32.5. The van der Waals surface area contributed by atoms with Crippen LogP contribution in [0.25, 0.3) is 0 Å². The van der Waals surface area contributed by atoms with Crippen LogP contribution in [0.2, 0.25) is 0 Å². The standard InChI is InChI=1S/C14H26N2O/c17-14(7-1-2-8-14)11-16(13-5-6-13)10-12-4-3-9-15-12/h12-13,15,17H,1-11H2. The largest absolute Gasteiger partial charge is 0.389 e. The van der Waals surface area contributed by atoms with Crippen molar-refractivity contribution in [3.8, 4) is 0 Å². The van der Waals surface area contributed by atoms with Crippen molar-refractivity contribution in [1.29, 1.82) is 0 Å². The third-order valence-corrected chi connectivity index (χ3v) is 4.71. The van der Waals surface area contributed by atoms with E-state index < -0.39 is 0 Å². The Kier molecular flexibility index (Phi) is 3.42. The molecule has 3 nitrogen and oxygen atoms in total. The van der Waals surface area contributed by atoms with E-state index in [0.717, 1.165) is 32.0 Å². The van der Waals surface area contributed by atoms with Crippen molar-refractivity contribution in [2.45, 2.75) is 69.1 Å². The monoisotopic (exact) mass is 238 g/mol. The van der Waals surface area contributed by atoms with Crippen LogP contribution in [-0.4, -0.2) is 47.3 Å². The lowest BCUT2D eigenvalue weighted by molar-refractivity contribution is 0.00482. The van der Waals surface area contributed by atoms with Crippen LogP contribution in [0, 0.1) is 0 Å². The Labute approximate surface area is 105 Å². The molecule has 1 aliphatic heterocycles. The summed E-state index contributed by atoms with van der Waals surface area (Å²) in [7, 11) is 0. The lowest BCUT2D eigenvalue weighted by Crippen LogP contribution is -2.46. The average molecular weight is 238 g/mol. The lowest BCUT2D eigenvalue weighted by atomic mass is 10.0. The summed E-state index contributed by atoms with van der Waals surface area (Å²) in [5.41, 5.74) is -0.360. The van der Waals surface area contributed by atoms with Gasteiger partial charge in [-0.3, -0.25) is 4.90 Å². The van der Waals surface area contributed by atoms with Gasteiger partial charge in [-0.1, -0.05) is 12.8 Å². The number of nitrogens with zero attached hydrogens (tertiary/aromatic N) is 1. The van der Waals surface area contributed by atoms with E-state index in [2.05, 4.69) is 10.2 Å². The first-order valence-corrected chi connectivity index (χ1v) is 7.45. The zero-order valence-corrected chi connectivity index (χ0v) is 10.8. The van der Waals surface area contributed by atoms with Crippen LogP contribution >= 0.6 is 0 Å². The number of rotatable bonds is 5. The highest BCUT2D eigenvalue weighted by Crippen LogP contribution is 2.34. The first-order valence-electron chi connectivity index (χ1n) is 7.45. The van der Waals surface area contributed by atoms with Gasteiger partial charge in [0.05, 0.1) is 5.60 Å².